The maximum atomic E-state index is 12.0. The van der Waals surface area contributed by atoms with E-state index in [2.05, 4.69) is 0 Å². The fourth-order valence-corrected chi connectivity index (χ4v) is 3.27. The Morgan fingerprint density at radius 2 is 2.06 bits per heavy atom. The fourth-order valence-electron chi connectivity index (χ4n) is 1.99. The zero-order valence-corrected chi connectivity index (χ0v) is 10.9. The van der Waals surface area contributed by atoms with Gasteiger partial charge in [-0.1, -0.05) is 30.3 Å². The minimum Gasteiger partial charge on any atom is -0.396 e. The molecule has 1 aromatic rings. The van der Waals surface area contributed by atoms with Crippen LogP contribution in [0.2, 0.25) is 0 Å². The molecule has 1 atom stereocenters. The van der Waals surface area contributed by atoms with Gasteiger partial charge >= 0.3 is 0 Å². The second-order valence-electron chi connectivity index (χ2n) is 4.45. The first kappa shape index (κ1) is 13.3. The van der Waals surface area contributed by atoms with Gasteiger partial charge in [0.2, 0.25) is 10.0 Å². The molecular weight excluding hydrogens is 250 g/mol. The lowest BCUT2D eigenvalue weighted by Crippen LogP contribution is -2.27. The second kappa shape index (κ2) is 5.65. The Labute approximate surface area is 108 Å². The molecule has 1 N–H and O–H groups in total. The molecule has 4 nitrogen and oxygen atoms in total. The number of hydrogen-bond acceptors (Lipinski definition) is 3. The number of rotatable bonds is 4. The van der Waals surface area contributed by atoms with Gasteiger partial charge in [-0.2, -0.15) is 4.31 Å². The van der Waals surface area contributed by atoms with Crippen LogP contribution in [-0.2, 0) is 10.0 Å². The van der Waals surface area contributed by atoms with Crippen LogP contribution in [0.4, 0.5) is 0 Å². The van der Waals surface area contributed by atoms with Crippen molar-refractivity contribution in [2.45, 2.75) is 6.42 Å². The number of nitrogens with zero attached hydrogens (tertiary/aromatic N) is 1. The van der Waals surface area contributed by atoms with E-state index >= 15 is 0 Å². The molecular formula is C13H17NO3S. The van der Waals surface area contributed by atoms with E-state index < -0.39 is 10.0 Å². The van der Waals surface area contributed by atoms with Gasteiger partial charge in [0.25, 0.3) is 0 Å². The van der Waals surface area contributed by atoms with Crippen molar-refractivity contribution in [1.29, 1.82) is 0 Å². The molecule has 0 aromatic heterocycles. The van der Waals surface area contributed by atoms with E-state index in [9.17, 15) is 8.42 Å². The van der Waals surface area contributed by atoms with Gasteiger partial charge in [-0.15, -0.1) is 0 Å². The van der Waals surface area contributed by atoms with Gasteiger partial charge in [-0.25, -0.2) is 8.42 Å². The predicted octanol–water partition coefficient (Wildman–Crippen LogP) is 1.30. The summed E-state index contributed by atoms with van der Waals surface area (Å²) in [6, 6.07) is 9.32. The topological polar surface area (TPSA) is 57.6 Å². The monoisotopic (exact) mass is 267 g/mol. The Bertz CT molecular complexity index is 510. The van der Waals surface area contributed by atoms with Crippen LogP contribution in [0.25, 0.3) is 6.08 Å². The highest BCUT2D eigenvalue weighted by Gasteiger charge is 2.29. The van der Waals surface area contributed by atoms with Crippen molar-refractivity contribution in [3.8, 4) is 0 Å². The number of benzene rings is 1. The summed E-state index contributed by atoms with van der Waals surface area (Å²) in [4.78, 5) is 0. The van der Waals surface area contributed by atoms with Crippen LogP contribution < -0.4 is 0 Å². The molecule has 0 aliphatic carbocycles. The van der Waals surface area contributed by atoms with Crippen molar-refractivity contribution >= 4 is 16.1 Å². The molecule has 0 saturated carbocycles. The molecule has 1 aliphatic rings. The molecule has 1 aromatic carbocycles. The zero-order valence-electron chi connectivity index (χ0n) is 10.1. The summed E-state index contributed by atoms with van der Waals surface area (Å²) in [5.74, 6) is 0.0740. The van der Waals surface area contributed by atoms with Crippen molar-refractivity contribution in [3.05, 3.63) is 41.3 Å². The smallest absolute Gasteiger partial charge is 0.236 e. The summed E-state index contributed by atoms with van der Waals surface area (Å²) in [7, 11) is -3.36. The van der Waals surface area contributed by atoms with Crippen LogP contribution in [0, 0.1) is 5.92 Å². The highest BCUT2D eigenvalue weighted by atomic mass is 32.2. The number of sulfonamides is 1. The Morgan fingerprint density at radius 3 is 2.67 bits per heavy atom. The number of aliphatic hydroxyl groups is 1. The number of aliphatic hydroxyl groups excluding tert-OH is 1. The van der Waals surface area contributed by atoms with Crippen molar-refractivity contribution < 1.29 is 13.5 Å². The van der Waals surface area contributed by atoms with Gasteiger partial charge in [0.1, 0.15) is 0 Å². The van der Waals surface area contributed by atoms with E-state index in [1.165, 1.54) is 9.71 Å². The molecule has 1 saturated heterocycles. The highest BCUT2D eigenvalue weighted by Crippen LogP contribution is 2.20. The molecule has 2 rings (SSSR count). The lowest BCUT2D eigenvalue weighted by Gasteiger charge is -2.12. The molecule has 0 bridgehead atoms. The zero-order chi connectivity index (χ0) is 13.0. The lowest BCUT2D eigenvalue weighted by molar-refractivity contribution is 0.233. The normalized spacial score (nSPS) is 21.7. The standard InChI is InChI=1S/C13H17NO3S/c15-11-13-6-8-14(10-13)18(16,17)9-7-12-4-2-1-3-5-12/h1-5,7,9,13,15H,6,8,10-11H2. The van der Waals surface area contributed by atoms with E-state index in [0.29, 0.717) is 13.1 Å². The summed E-state index contributed by atoms with van der Waals surface area (Å²) in [6.45, 7) is 0.957. The van der Waals surface area contributed by atoms with Gasteiger partial charge < -0.3 is 5.11 Å². The largest absolute Gasteiger partial charge is 0.396 e. The Morgan fingerprint density at radius 1 is 1.33 bits per heavy atom. The molecule has 98 valence electrons. The summed E-state index contributed by atoms with van der Waals surface area (Å²) >= 11 is 0. The van der Waals surface area contributed by atoms with Gasteiger partial charge in [-0.3, -0.25) is 0 Å². The summed E-state index contributed by atoms with van der Waals surface area (Å²) in [5.41, 5.74) is 0.860. The van der Waals surface area contributed by atoms with E-state index in [1.54, 1.807) is 6.08 Å². The summed E-state index contributed by atoms with van der Waals surface area (Å²) in [6.07, 6.45) is 2.33. The van der Waals surface area contributed by atoms with Crippen LogP contribution in [0.5, 0.6) is 0 Å². The minimum atomic E-state index is -3.36. The SMILES string of the molecule is O=S(=O)(C=Cc1ccccc1)N1CCC(CO)C1. The van der Waals surface area contributed by atoms with Crippen LogP contribution in [-0.4, -0.2) is 37.5 Å². The van der Waals surface area contributed by atoms with E-state index in [1.807, 2.05) is 30.3 Å². The molecule has 5 heteroatoms. The second-order valence-corrected chi connectivity index (χ2v) is 6.27. The quantitative estimate of drug-likeness (QED) is 0.894. The highest BCUT2D eigenvalue weighted by molar-refractivity contribution is 7.92. The first-order valence-electron chi connectivity index (χ1n) is 5.96. The van der Waals surface area contributed by atoms with Crippen molar-refractivity contribution in [1.82, 2.24) is 4.31 Å². The molecule has 1 heterocycles. The van der Waals surface area contributed by atoms with Gasteiger partial charge in [0.05, 0.1) is 0 Å². The van der Waals surface area contributed by atoms with Crippen LogP contribution in [0.15, 0.2) is 35.7 Å². The van der Waals surface area contributed by atoms with Gasteiger partial charge in [0.15, 0.2) is 0 Å². The average Bonchev–Trinajstić information content (AvgIpc) is 2.87. The van der Waals surface area contributed by atoms with E-state index in [4.69, 9.17) is 5.11 Å². The van der Waals surface area contributed by atoms with Gasteiger partial charge in [-0.05, 0) is 24.0 Å². The molecule has 1 unspecified atom stereocenters. The third-order valence-corrected chi connectivity index (χ3v) is 4.63. The Kier molecular flexibility index (Phi) is 4.16. The van der Waals surface area contributed by atoms with Crippen molar-refractivity contribution in [3.63, 3.8) is 0 Å². The molecule has 1 fully saturated rings. The maximum Gasteiger partial charge on any atom is 0.236 e. The third kappa shape index (κ3) is 3.19. The molecule has 18 heavy (non-hydrogen) atoms. The Hall–Kier alpha value is -1.17. The minimum absolute atomic E-state index is 0.0500. The molecule has 1 aliphatic heterocycles. The van der Waals surface area contributed by atoms with Crippen LogP contribution in [0.3, 0.4) is 0 Å². The predicted molar refractivity (Wildman–Crippen MR) is 71.2 cm³/mol. The number of hydrogen-bond donors (Lipinski definition) is 1. The van der Waals surface area contributed by atoms with Crippen molar-refractivity contribution in [2.75, 3.05) is 19.7 Å². The average molecular weight is 267 g/mol. The maximum absolute atomic E-state index is 12.0. The van der Waals surface area contributed by atoms with Crippen LogP contribution >= 0.6 is 0 Å². The van der Waals surface area contributed by atoms with E-state index in [-0.39, 0.29) is 12.5 Å². The van der Waals surface area contributed by atoms with Crippen molar-refractivity contribution in [2.24, 2.45) is 5.92 Å². The summed E-state index contributed by atoms with van der Waals surface area (Å²) < 4.78 is 25.5. The third-order valence-electron chi connectivity index (χ3n) is 3.10. The first-order chi connectivity index (χ1) is 8.62. The first-order valence-corrected chi connectivity index (χ1v) is 7.46. The molecule has 0 spiro atoms. The molecule has 0 amide bonds. The Balaban J connectivity index is 2.06. The fraction of sp³-hybridized carbons (Fsp3) is 0.385. The van der Waals surface area contributed by atoms with Crippen LogP contribution in [0.1, 0.15) is 12.0 Å². The lowest BCUT2D eigenvalue weighted by atomic mass is 10.1. The molecule has 0 radical (unpaired) electrons. The summed E-state index contributed by atoms with van der Waals surface area (Å²) in [5, 5.41) is 10.3. The van der Waals surface area contributed by atoms with E-state index in [0.717, 1.165) is 12.0 Å². The van der Waals surface area contributed by atoms with Gasteiger partial charge in [0, 0.05) is 25.1 Å².